The van der Waals surface area contributed by atoms with Crippen LogP contribution in [-0.2, 0) is 4.79 Å². The third kappa shape index (κ3) is 1.81. The van der Waals surface area contributed by atoms with Crippen molar-refractivity contribution in [2.24, 2.45) is 0 Å². The number of carbonyl (C=O) groups is 3. The molecule has 4 amide bonds. The van der Waals surface area contributed by atoms with Crippen LogP contribution in [0.25, 0.3) is 0 Å². The molecule has 8 nitrogen and oxygen atoms in total. The number of aromatic nitrogens is 2. The van der Waals surface area contributed by atoms with Crippen LogP contribution in [0.5, 0.6) is 0 Å². The Morgan fingerprint density at radius 2 is 2.05 bits per heavy atom. The Labute approximate surface area is 108 Å². The number of hydrogen-bond acceptors (Lipinski definition) is 5. The second-order valence-electron chi connectivity index (χ2n) is 4.59. The Morgan fingerprint density at radius 3 is 2.68 bits per heavy atom. The highest BCUT2D eigenvalue weighted by Gasteiger charge is 2.51. The lowest BCUT2D eigenvalue weighted by Gasteiger charge is -2.20. The summed E-state index contributed by atoms with van der Waals surface area (Å²) in [6.45, 7) is 0.569. The smallest absolute Gasteiger partial charge is 0.322 e. The van der Waals surface area contributed by atoms with Crippen molar-refractivity contribution in [3.8, 4) is 0 Å². The van der Waals surface area contributed by atoms with Crippen molar-refractivity contribution in [3.05, 3.63) is 24.3 Å². The average Bonchev–Trinajstić information content (AvgIpc) is 2.95. The third-order valence-corrected chi connectivity index (χ3v) is 3.38. The van der Waals surface area contributed by atoms with Gasteiger partial charge in [-0.2, -0.15) is 0 Å². The maximum Gasteiger partial charge on any atom is 0.322 e. The first-order chi connectivity index (χ1) is 9.11. The van der Waals surface area contributed by atoms with Crippen LogP contribution in [0.3, 0.4) is 0 Å². The molecule has 0 saturated carbocycles. The predicted molar refractivity (Wildman–Crippen MR) is 62.0 cm³/mol. The normalized spacial score (nSPS) is 25.6. The fourth-order valence-electron chi connectivity index (χ4n) is 2.39. The number of nitrogens with zero attached hydrogens (tertiary/aromatic N) is 3. The molecule has 1 unspecified atom stereocenters. The van der Waals surface area contributed by atoms with Crippen LogP contribution >= 0.6 is 0 Å². The Morgan fingerprint density at radius 1 is 1.32 bits per heavy atom. The van der Waals surface area contributed by atoms with Crippen LogP contribution in [0.4, 0.5) is 4.79 Å². The van der Waals surface area contributed by atoms with Gasteiger partial charge in [0.2, 0.25) is 0 Å². The first kappa shape index (κ1) is 11.6. The van der Waals surface area contributed by atoms with Crippen molar-refractivity contribution in [1.29, 1.82) is 0 Å². The van der Waals surface area contributed by atoms with Gasteiger partial charge in [-0.1, -0.05) is 0 Å². The van der Waals surface area contributed by atoms with Gasteiger partial charge in [0.25, 0.3) is 11.8 Å². The number of amides is 4. The molecule has 98 valence electrons. The molecule has 2 aliphatic rings. The highest BCUT2D eigenvalue weighted by molar-refractivity contribution is 6.08. The number of likely N-dealkylation sites (tertiary alicyclic amines) is 1. The molecule has 0 aliphatic carbocycles. The minimum atomic E-state index is -0.984. The number of hydrogen-bond donors (Lipinski definition) is 2. The lowest BCUT2D eigenvalue weighted by molar-refractivity contribution is -0.123. The second kappa shape index (κ2) is 4.01. The number of carbonyl (C=O) groups excluding carboxylic acids is 3. The van der Waals surface area contributed by atoms with Gasteiger partial charge in [0.15, 0.2) is 0 Å². The average molecular weight is 261 g/mol. The van der Waals surface area contributed by atoms with Crippen molar-refractivity contribution in [2.45, 2.75) is 12.0 Å². The molecule has 2 fully saturated rings. The highest BCUT2D eigenvalue weighted by atomic mass is 16.2. The maximum absolute atomic E-state index is 12.2. The van der Waals surface area contributed by atoms with Crippen LogP contribution in [0.2, 0.25) is 0 Å². The fraction of sp³-hybridized carbons (Fsp3) is 0.364. The van der Waals surface area contributed by atoms with Crippen LogP contribution in [0.15, 0.2) is 18.7 Å². The lowest BCUT2D eigenvalue weighted by Crippen LogP contribution is -2.49. The standard InChI is InChI=1S/C11H11N5O3/c17-8(7-3-12-6-13-4-7)16-2-1-11(5-16)9(18)14-10(19)15-11/h3-4,6H,1-2,5H2,(H2,14,15,18,19). The van der Waals surface area contributed by atoms with Crippen LogP contribution in [0.1, 0.15) is 16.8 Å². The largest absolute Gasteiger partial charge is 0.336 e. The summed E-state index contributed by atoms with van der Waals surface area (Å²) in [7, 11) is 0. The Balaban J connectivity index is 1.78. The summed E-state index contributed by atoms with van der Waals surface area (Å²) in [5.74, 6) is -0.622. The van der Waals surface area contributed by atoms with Crippen LogP contribution in [0, 0.1) is 0 Å². The maximum atomic E-state index is 12.2. The van der Waals surface area contributed by atoms with E-state index in [0.29, 0.717) is 18.5 Å². The fourth-order valence-corrected chi connectivity index (χ4v) is 2.39. The molecule has 3 heterocycles. The van der Waals surface area contributed by atoms with Gasteiger partial charge in [-0.05, 0) is 6.42 Å². The zero-order chi connectivity index (χ0) is 13.5. The number of imide groups is 1. The molecule has 8 heteroatoms. The van der Waals surface area contributed by atoms with Crippen molar-refractivity contribution in [1.82, 2.24) is 25.5 Å². The SMILES string of the molecule is O=C1NC(=O)C2(CCN(C(=O)c3cncnc3)C2)N1. The van der Waals surface area contributed by atoms with E-state index in [1.807, 2.05) is 0 Å². The molecule has 2 saturated heterocycles. The molecule has 0 bridgehead atoms. The molecule has 0 radical (unpaired) electrons. The summed E-state index contributed by atoms with van der Waals surface area (Å²) in [5, 5.41) is 4.79. The van der Waals surface area contributed by atoms with Gasteiger partial charge in [-0.15, -0.1) is 0 Å². The van der Waals surface area contributed by atoms with Crippen molar-refractivity contribution in [3.63, 3.8) is 0 Å². The van der Waals surface area contributed by atoms with E-state index >= 15 is 0 Å². The quantitative estimate of drug-likeness (QED) is 0.624. The summed E-state index contributed by atoms with van der Waals surface area (Å²) >= 11 is 0. The van der Waals surface area contributed by atoms with Gasteiger partial charge in [0.1, 0.15) is 11.9 Å². The first-order valence-electron chi connectivity index (χ1n) is 5.79. The van der Waals surface area contributed by atoms with E-state index in [1.54, 1.807) is 0 Å². The molecule has 3 rings (SSSR count). The summed E-state index contributed by atoms with van der Waals surface area (Å²) in [6.07, 6.45) is 4.60. The van der Waals surface area contributed by atoms with Crippen molar-refractivity contribution >= 4 is 17.8 Å². The minimum absolute atomic E-state index is 0.165. The number of rotatable bonds is 1. The first-order valence-corrected chi connectivity index (χ1v) is 5.79. The monoisotopic (exact) mass is 261 g/mol. The molecular weight excluding hydrogens is 250 g/mol. The van der Waals surface area contributed by atoms with Crippen molar-refractivity contribution in [2.75, 3.05) is 13.1 Å². The molecule has 1 aromatic rings. The van der Waals surface area contributed by atoms with Gasteiger partial charge < -0.3 is 10.2 Å². The van der Waals surface area contributed by atoms with Crippen molar-refractivity contribution < 1.29 is 14.4 Å². The molecule has 1 atom stereocenters. The van der Waals surface area contributed by atoms with E-state index in [-0.39, 0.29) is 18.4 Å². The summed E-state index contributed by atoms with van der Waals surface area (Å²) in [4.78, 5) is 44.2. The van der Waals surface area contributed by atoms with E-state index in [1.165, 1.54) is 23.6 Å². The predicted octanol–water partition coefficient (Wildman–Crippen LogP) is -1.10. The second-order valence-corrected chi connectivity index (χ2v) is 4.59. The zero-order valence-electron chi connectivity index (χ0n) is 9.92. The minimum Gasteiger partial charge on any atom is -0.336 e. The molecule has 1 aromatic heterocycles. The van der Waals surface area contributed by atoms with Gasteiger partial charge in [-0.25, -0.2) is 14.8 Å². The van der Waals surface area contributed by atoms with Gasteiger partial charge in [0, 0.05) is 18.9 Å². The molecule has 0 aromatic carbocycles. The summed E-state index contributed by atoms with van der Waals surface area (Å²) in [6, 6.07) is -0.512. The van der Waals surface area contributed by atoms with E-state index in [2.05, 4.69) is 20.6 Å². The van der Waals surface area contributed by atoms with E-state index in [9.17, 15) is 14.4 Å². The zero-order valence-corrected chi connectivity index (χ0v) is 9.92. The van der Waals surface area contributed by atoms with Gasteiger partial charge in [0.05, 0.1) is 12.1 Å². The third-order valence-electron chi connectivity index (χ3n) is 3.38. The van der Waals surface area contributed by atoms with Gasteiger partial charge >= 0.3 is 6.03 Å². The highest BCUT2D eigenvalue weighted by Crippen LogP contribution is 2.25. The Hall–Kier alpha value is -2.51. The summed E-state index contributed by atoms with van der Waals surface area (Å²) < 4.78 is 0. The van der Waals surface area contributed by atoms with Crippen LogP contribution < -0.4 is 10.6 Å². The molecule has 1 spiro atoms. The Kier molecular flexibility index (Phi) is 2.44. The van der Waals surface area contributed by atoms with E-state index in [0.717, 1.165) is 0 Å². The van der Waals surface area contributed by atoms with Crippen LogP contribution in [-0.4, -0.2) is 51.3 Å². The number of nitrogens with one attached hydrogen (secondary N) is 2. The molecule has 19 heavy (non-hydrogen) atoms. The Bertz CT molecular complexity index is 561. The topological polar surface area (TPSA) is 104 Å². The summed E-state index contributed by atoms with van der Waals surface area (Å²) in [5.41, 5.74) is -0.619. The molecule has 2 aliphatic heterocycles. The number of urea groups is 1. The molecular formula is C11H11N5O3. The van der Waals surface area contributed by atoms with E-state index in [4.69, 9.17) is 0 Å². The lowest BCUT2D eigenvalue weighted by atomic mass is 9.99. The van der Waals surface area contributed by atoms with E-state index < -0.39 is 11.6 Å². The molecule has 2 N–H and O–H groups in total. The van der Waals surface area contributed by atoms with Gasteiger partial charge in [-0.3, -0.25) is 14.9 Å².